The fourth-order valence-corrected chi connectivity index (χ4v) is 3.26. The summed E-state index contributed by atoms with van der Waals surface area (Å²) < 4.78 is 1.71. The highest BCUT2D eigenvalue weighted by molar-refractivity contribution is 9.11. The van der Waals surface area contributed by atoms with E-state index in [1.54, 1.807) is 30.3 Å². The number of benzene rings is 2. The van der Waals surface area contributed by atoms with Crippen molar-refractivity contribution in [3.05, 3.63) is 67.0 Å². The molecule has 0 aliphatic carbocycles. The second-order valence-electron chi connectivity index (χ2n) is 4.08. The monoisotopic (exact) mass is 447 g/mol. The second-order valence-corrected chi connectivity index (χ2v) is 6.67. The number of halogens is 4. The number of amides is 1. The molecule has 0 fully saturated rings. The molecule has 1 N–H and O–H groups in total. The highest BCUT2D eigenvalue weighted by Gasteiger charge is 2.05. The van der Waals surface area contributed by atoms with Crippen LogP contribution in [-0.4, -0.2) is 5.91 Å². The Balaban J connectivity index is 2.13. The van der Waals surface area contributed by atoms with Crippen LogP contribution in [0, 0.1) is 0 Å². The second kappa shape index (κ2) is 7.45. The highest BCUT2D eigenvalue weighted by Crippen LogP contribution is 2.27. The van der Waals surface area contributed by atoms with E-state index in [4.69, 9.17) is 23.2 Å². The van der Waals surface area contributed by atoms with Gasteiger partial charge in [0.05, 0.1) is 5.69 Å². The van der Waals surface area contributed by atoms with E-state index in [1.807, 2.05) is 12.1 Å². The number of hydrogen-bond donors (Lipinski definition) is 1. The van der Waals surface area contributed by atoms with Gasteiger partial charge in [0, 0.05) is 30.6 Å². The lowest BCUT2D eigenvalue weighted by atomic mass is 10.2. The fourth-order valence-electron chi connectivity index (χ4n) is 1.59. The molecule has 21 heavy (non-hydrogen) atoms. The van der Waals surface area contributed by atoms with Gasteiger partial charge in [-0.3, -0.25) is 4.79 Å². The van der Waals surface area contributed by atoms with Crippen LogP contribution >= 0.6 is 55.1 Å². The van der Waals surface area contributed by atoms with Crippen LogP contribution in [0.15, 0.2) is 51.4 Å². The van der Waals surface area contributed by atoms with Crippen LogP contribution in [0.25, 0.3) is 6.08 Å². The van der Waals surface area contributed by atoms with Crippen LogP contribution in [0.5, 0.6) is 0 Å². The average molecular weight is 450 g/mol. The van der Waals surface area contributed by atoms with Crippen LogP contribution in [0.3, 0.4) is 0 Å². The van der Waals surface area contributed by atoms with Gasteiger partial charge >= 0.3 is 0 Å². The zero-order valence-electron chi connectivity index (χ0n) is 10.5. The summed E-state index contributed by atoms with van der Waals surface area (Å²) in [5.74, 6) is -0.269. The standard InChI is InChI=1S/C15H9Br2Cl2NO/c16-9-4-6-14(11(17)8-9)20-15(21)7-5-10-12(18)2-1-3-13(10)19/h1-8H,(H,20,21). The molecule has 2 aromatic carbocycles. The first kappa shape index (κ1) is 16.6. The van der Waals surface area contributed by atoms with E-state index >= 15 is 0 Å². The SMILES string of the molecule is O=C(C=Cc1c(Cl)cccc1Cl)Nc1ccc(Br)cc1Br. The molecule has 0 atom stereocenters. The minimum absolute atomic E-state index is 0.269. The Labute approximate surface area is 149 Å². The summed E-state index contributed by atoms with van der Waals surface area (Å²) in [6.07, 6.45) is 2.98. The Morgan fingerprint density at radius 1 is 1.10 bits per heavy atom. The van der Waals surface area contributed by atoms with Crippen molar-refractivity contribution in [3.63, 3.8) is 0 Å². The van der Waals surface area contributed by atoms with E-state index in [0.717, 1.165) is 8.95 Å². The first-order chi connectivity index (χ1) is 9.97. The van der Waals surface area contributed by atoms with Crippen molar-refractivity contribution in [3.8, 4) is 0 Å². The lowest BCUT2D eigenvalue weighted by Crippen LogP contribution is -2.08. The molecule has 0 aliphatic heterocycles. The molecule has 0 unspecified atom stereocenters. The maximum atomic E-state index is 11.9. The van der Waals surface area contributed by atoms with Crippen molar-refractivity contribution in [1.82, 2.24) is 0 Å². The summed E-state index contributed by atoms with van der Waals surface area (Å²) >= 11 is 18.8. The number of carbonyl (C=O) groups is 1. The molecule has 108 valence electrons. The summed E-state index contributed by atoms with van der Waals surface area (Å²) in [6, 6.07) is 10.7. The molecule has 6 heteroatoms. The van der Waals surface area contributed by atoms with Crippen molar-refractivity contribution in [2.75, 3.05) is 5.32 Å². The summed E-state index contributed by atoms with van der Waals surface area (Å²) in [5, 5.41) is 3.76. The number of hydrogen-bond acceptors (Lipinski definition) is 1. The van der Waals surface area contributed by atoms with Crippen LogP contribution in [0.4, 0.5) is 5.69 Å². The molecule has 0 saturated heterocycles. The molecule has 2 aromatic rings. The molecular formula is C15H9Br2Cl2NO. The highest BCUT2D eigenvalue weighted by atomic mass is 79.9. The summed E-state index contributed by atoms with van der Waals surface area (Å²) in [4.78, 5) is 11.9. The fraction of sp³-hybridized carbons (Fsp3) is 0. The molecule has 1 amide bonds. The molecule has 0 bridgehead atoms. The number of rotatable bonds is 3. The Kier molecular flexibility index (Phi) is 5.88. The molecular weight excluding hydrogens is 441 g/mol. The summed E-state index contributed by atoms with van der Waals surface area (Å²) in [7, 11) is 0. The zero-order chi connectivity index (χ0) is 15.4. The van der Waals surface area contributed by atoms with Gasteiger partial charge in [-0.25, -0.2) is 0 Å². The number of anilines is 1. The first-order valence-electron chi connectivity index (χ1n) is 5.85. The Bertz CT molecular complexity index is 697. The third-order valence-corrected chi connectivity index (χ3v) is 4.40. The van der Waals surface area contributed by atoms with Gasteiger partial charge in [-0.05, 0) is 52.3 Å². The van der Waals surface area contributed by atoms with Crippen LogP contribution in [0.1, 0.15) is 5.56 Å². The third-order valence-electron chi connectivity index (χ3n) is 2.59. The Morgan fingerprint density at radius 3 is 2.38 bits per heavy atom. The summed E-state index contributed by atoms with van der Waals surface area (Å²) in [6.45, 7) is 0. The van der Waals surface area contributed by atoms with E-state index in [0.29, 0.717) is 21.3 Å². The van der Waals surface area contributed by atoms with E-state index in [9.17, 15) is 4.79 Å². The lowest BCUT2D eigenvalue weighted by Gasteiger charge is -2.05. The van der Waals surface area contributed by atoms with Crippen molar-refractivity contribution in [2.24, 2.45) is 0 Å². The maximum Gasteiger partial charge on any atom is 0.248 e. The minimum atomic E-state index is -0.269. The molecule has 2 rings (SSSR count). The van der Waals surface area contributed by atoms with Crippen LogP contribution in [0.2, 0.25) is 10.0 Å². The van der Waals surface area contributed by atoms with Crippen molar-refractivity contribution < 1.29 is 4.79 Å². The maximum absolute atomic E-state index is 11.9. The third kappa shape index (κ3) is 4.58. The molecule has 0 saturated carbocycles. The molecule has 0 radical (unpaired) electrons. The van der Waals surface area contributed by atoms with E-state index < -0.39 is 0 Å². The van der Waals surface area contributed by atoms with E-state index in [1.165, 1.54) is 6.08 Å². The van der Waals surface area contributed by atoms with E-state index in [-0.39, 0.29) is 5.91 Å². The molecule has 0 heterocycles. The molecule has 0 spiro atoms. The van der Waals surface area contributed by atoms with Gasteiger partial charge in [-0.1, -0.05) is 45.2 Å². The average Bonchev–Trinajstić information content (AvgIpc) is 2.41. The van der Waals surface area contributed by atoms with Gasteiger partial charge < -0.3 is 5.32 Å². The van der Waals surface area contributed by atoms with Gasteiger partial charge in [0.15, 0.2) is 0 Å². The zero-order valence-corrected chi connectivity index (χ0v) is 15.2. The normalized spacial score (nSPS) is 10.9. The molecule has 0 aliphatic rings. The van der Waals surface area contributed by atoms with Crippen molar-refractivity contribution in [1.29, 1.82) is 0 Å². The molecule has 0 aromatic heterocycles. The minimum Gasteiger partial charge on any atom is -0.321 e. The topological polar surface area (TPSA) is 29.1 Å². The Hall–Kier alpha value is -0.810. The van der Waals surface area contributed by atoms with Crippen LogP contribution in [-0.2, 0) is 4.79 Å². The first-order valence-corrected chi connectivity index (χ1v) is 8.19. The predicted octanol–water partition coefficient (Wildman–Crippen LogP) is 6.17. The quantitative estimate of drug-likeness (QED) is 0.558. The lowest BCUT2D eigenvalue weighted by molar-refractivity contribution is -0.111. The van der Waals surface area contributed by atoms with Crippen molar-refractivity contribution >= 4 is 72.7 Å². The summed E-state index contributed by atoms with van der Waals surface area (Å²) in [5.41, 5.74) is 1.30. The number of nitrogens with one attached hydrogen (secondary N) is 1. The number of carbonyl (C=O) groups excluding carboxylic acids is 1. The van der Waals surface area contributed by atoms with Gasteiger partial charge in [0.25, 0.3) is 0 Å². The van der Waals surface area contributed by atoms with Crippen LogP contribution < -0.4 is 5.32 Å². The molecule has 2 nitrogen and oxygen atoms in total. The van der Waals surface area contributed by atoms with E-state index in [2.05, 4.69) is 37.2 Å². The Morgan fingerprint density at radius 2 is 1.76 bits per heavy atom. The van der Waals surface area contributed by atoms with Gasteiger partial charge in [-0.2, -0.15) is 0 Å². The van der Waals surface area contributed by atoms with Crippen molar-refractivity contribution in [2.45, 2.75) is 0 Å². The van der Waals surface area contributed by atoms with Gasteiger partial charge in [0.1, 0.15) is 0 Å². The van der Waals surface area contributed by atoms with Gasteiger partial charge in [0.2, 0.25) is 5.91 Å². The smallest absolute Gasteiger partial charge is 0.248 e. The predicted molar refractivity (Wildman–Crippen MR) is 96.0 cm³/mol. The van der Waals surface area contributed by atoms with Gasteiger partial charge in [-0.15, -0.1) is 0 Å². The largest absolute Gasteiger partial charge is 0.321 e.